The van der Waals surface area contributed by atoms with E-state index < -0.39 is 12.1 Å². The number of aromatic nitrogens is 3. The molecule has 1 unspecified atom stereocenters. The second-order valence-electron chi connectivity index (χ2n) is 6.66. The van der Waals surface area contributed by atoms with Gasteiger partial charge in [-0.1, -0.05) is 12.1 Å². The van der Waals surface area contributed by atoms with Crippen molar-refractivity contribution < 1.29 is 19.4 Å². The molecule has 148 valence electrons. The number of ether oxygens (including phenoxy) is 2. The highest BCUT2D eigenvalue weighted by Crippen LogP contribution is 2.25. The molecular formula is C22H21N3O4. The first-order valence-corrected chi connectivity index (χ1v) is 9.32. The molecule has 0 bridgehead atoms. The number of pyridine rings is 2. The summed E-state index contributed by atoms with van der Waals surface area (Å²) >= 11 is 0. The Hall–Kier alpha value is -3.45. The smallest absolute Gasteiger partial charge is 0.333 e. The van der Waals surface area contributed by atoms with Crippen LogP contribution in [0.2, 0.25) is 0 Å². The average molecular weight is 391 g/mol. The molecule has 29 heavy (non-hydrogen) atoms. The van der Waals surface area contributed by atoms with Gasteiger partial charge in [0.2, 0.25) is 0 Å². The van der Waals surface area contributed by atoms with Gasteiger partial charge in [-0.3, -0.25) is 0 Å². The molecule has 0 radical (unpaired) electrons. The van der Waals surface area contributed by atoms with Crippen molar-refractivity contribution in [2.24, 2.45) is 0 Å². The molecule has 1 N–H and O–H groups in total. The third-order valence-electron chi connectivity index (χ3n) is 4.86. The van der Waals surface area contributed by atoms with Gasteiger partial charge in [0.15, 0.2) is 6.10 Å². The van der Waals surface area contributed by atoms with Gasteiger partial charge in [-0.05, 0) is 42.0 Å². The lowest BCUT2D eigenvalue weighted by atomic mass is 10.1. The Bertz CT molecular complexity index is 1080. The highest BCUT2D eigenvalue weighted by atomic mass is 16.5. The number of methoxy groups -OCH3 is 1. The van der Waals surface area contributed by atoms with Gasteiger partial charge >= 0.3 is 5.97 Å². The molecule has 1 atom stereocenters. The number of hydrogen-bond donors (Lipinski definition) is 1. The van der Waals surface area contributed by atoms with Crippen molar-refractivity contribution in [1.82, 2.24) is 14.5 Å². The number of carboxylic acid groups (broad SMARTS) is 1. The van der Waals surface area contributed by atoms with Gasteiger partial charge in [0, 0.05) is 36.7 Å². The zero-order valence-electron chi connectivity index (χ0n) is 16.0. The predicted octanol–water partition coefficient (Wildman–Crippen LogP) is 3.31. The quantitative estimate of drug-likeness (QED) is 0.496. The Morgan fingerprint density at radius 2 is 1.66 bits per heavy atom. The van der Waals surface area contributed by atoms with Crippen molar-refractivity contribution in [3.8, 4) is 5.75 Å². The summed E-state index contributed by atoms with van der Waals surface area (Å²) in [6.07, 6.45) is 3.02. The minimum Gasteiger partial charge on any atom is -0.492 e. The van der Waals surface area contributed by atoms with Crippen molar-refractivity contribution in [1.29, 1.82) is 0 Å². The first-order chi connectivity index (χ1) is 14.2. The highest BCUT2D eigenvalue weighted by Gasteiger charge is 2.16. The SMILES string of the molecule is COC(Cc1ccc(OCCn2c3ncccc3c3cccnc32)cc1)C(=O)O. The van der Waals surface area contributed by atoms with Gasteiger partial charge in [0.25, 0.3) is 0 Å². The van der Waals surface area contributed by atoms with E-state index in [1.54, 1.807) is 12.4 Å². The van der Waals surface area contributed by atoms with Crippen molar-refractivity contribution in [2.75, 3.05) is 13.7 Å². The zero-order valence-corrected chi connectivity index (χ0v) is 16.0. The summed E-state index contributed by atoms with van der Waals surface area (Å²) in [5.41, 5.74) is 2.65. The number of carboxylic acids is 1. The molecule has 0 saturated heterocycles. The van der Waals surface area contributed by atoms with Crippen molar-refractivity contribution in [2.45, 2.75) is 19.1 Å². The van der Waals surface area contributed by atoms with Crippen LogP contribution in [-0.2, 0) is 22.5 Å². The largest absolute Gasteiger partial charge is 0.492 e. The van der Waals surface area contributed by atoms with Gasteiger partial charge in [-0.25, -0.2) is 14.8 Å². The van der Waals surface area contributed by atoms with E-state index in [-0.39, 0.29) is 0 Å². The van der Waals surface area contributed by atoms with Crippen molar-refractivity contribution in [3.05, 3.63) is 66.5 Å². The van der Waals surface area contributed by atoms with Crippen LogP contribution in [0.25, 0.3) is 22.1 Å². The van der Waals surface area contributed by atoms with Crippen LogP contribution in [-0.4, -0.2) is 45.4 Å². The molecule has 4 rings (SSSR count). The maximum atomic E-state index is 11.1. The van der Waals surface area contributed by atoms with Crippen LogP contribution in [0.15, 0.2) is 60.9 Å². The summed E-state index contributed by atoms with van der Waals surface area (Å²) in [6.45, 7) is 1.07. The minimum atomic E-state index is -0.971. The monoisotopic (exact) mass is 391 g/mol. The van der Waals surface area contributed by atoms with Crippen molar-refractivity contribution >= 4 is 28.0 Å². The number of hydrogen-bond acceptors (Lipinski definition) is 5. The number of carbonyl (C=O) groups is 1. The Labute approximate surface area is 167 Å². The number of nitrogens with zero attached hydrogens (tertiary/aromatic N) is 3. The second-order valence-corrected chi connectivity index (χ2v) is 6.66. The number of benzene rings is 1. The van der Waals surface area contributed by atoms with Gasteiger partial charge in [0.05, 0.1) is 6.54 Å². The Kier molecular flexibility index (Phi) is 5.39. The topological polar surface area (TPSA) is 86.5 Å². The molecule has 0 amide bonds. The minimum absolute atomic E-state index is 0.310. The highest BCUT2D eigenvalue weighted by molar-refractivity contribution is 6.04. The van der Waals surface area contributed by atoms with E-state index >= 15 is 0 Å². The Morgan fingerprint density at radius 1 is 1.03 bits per heavy atom. The molecule has 7 heteroatoms. The van der Waals surface area contributed by atoms with Gasteiger partial charge in [0.1, 0.15) is 23.7 Å². The lowest BCUT2D eigenvalue weighted by Crippen LogP contribution is -2.24. The first-order valence-electron chi connectivity index (χ1n) is 9.32. The summed E-state index contributed by atoms with van der Waals surface area (Å²) < 4.78 is 12.9. The summed E-state index contributed by atoms with van der Waals surface area (Å²) in [5.74, 6) is -0.249. The summed E-state index contributed by atoms with van der Waals surface area (Å²) in [4.78, 5) is 20.1. The lowest BCUT2D eigenvalue weighted by Gasteiger charge is -2.12. The van der Waals surface area contributed by atoms with Crippen LogP contribution in [0, 0.1) is 0 Å². The molecule has 0 aliphatic heterocycles. The van der Waals surface area contributed by atoms with Gasteiger partial charge in [-0.2, -0.15) is 0 Å². The average Bonchev–Trinajstić information content (AvgIpc) is 3.07. The van der Waals surface area contributed by atoms with E-state index in [2.05, 4.69) is 14.5 Å². The molecule has 7 nitrogen and oxygen atoms in total. The van der Waals surface area contributed by atoms with E-state index in [1.165, 1.54) is 7.11 Å². The fraction of sp³-hybridized carbons (Fsp3) is 0.227. The molecule has 3 heterocycles. The van der Waals surface area contributed by atoms with Crippen LogP contribution in [0.4, 0.5) is 0 Å². The zero-order chi connectivity index (χ0) is 20.2. The van der Waals surface area contributed by atoms with Crippen LogP contribution >= 0.6 is 0 Å². The van der Waals surface area contributed by atoms with E-state index in [0.717, 1.165) is 33.4 Å². The molecular weight excluding hydrogens is 370 g/mol. The standard InChI is InChI=1S/C22H21N3O4/c1-28-19(22(26)27)14-15-6-8-16(9-7-15)29-13-12-25-20-17(4-2-10-23-20)18-5-3-11-24-21(18)25/h2-11,19H,12-14H2,1H3,(H,26,27). The summed E-state index contributed by atoms with van der Waals surface area (Å²) in [6, 6.07) is 15.3. The molecule has 0 aliphatic carbocycles. The second kappa shape index (κ2) is 8.28. The molecule has 3 aromatic heterocycles. The summed E-state index contributed by atoms with van der Waals surface area (Å²) in [5, 5.41) is 11.2. The lowest BCUT2D eigenvalue weighted by molar-refractivity contribution is -0.148. The third kappa shape index (κ3) is 3.90. The van der Waals surface area contributed by atoms with E-state index in [4.69, 9.17) is 14.6 Å². The Balaban J connectivity index is 1.45. The molecule has 0 aliphatic rings. The van der Waals surface area contributed by atoms with E-state index in [9.17, 15) is 4.79 Å². The van der Waals surface area contributed by atoms with Crippen LogP contribution in [0.5, 0.6) is 5.75 Å². The van der Waals surface area contributed by atoms with Gasteiger partial charge in [-0.15, -0.1) is 0 Å². The van der Waals surface area contributed by atoms with Crippen LogP contribution < -0.4 is 4.74 Å². The predicted molar refractivity (Wildman–Crippen MR) is 109 cm³/mol. The maximum absolute atomic E-state index is 11.1. The van der Waals surface area contributed by atoms with E-state index in [1.807, 2.05) is 48.5 Å². The number of aliphatic carboxylic acids is 1. The number of fused-ring (bicyclic) bond motifs is 3. The molecule has 1 aromatic carbocycles. The third-order valence-corrected chi connectivity index (χ3v) is 4.86. The van der Waals surface area contributed by atoms with Gasteiger partial charge < -0.3 is 19.1 Å². The molecule has 0 fully saturated rings. The van der Waals surface area contributed by atoms with Crippen molar-refractivity contribution in [3.63, 3.8) is 0 Å². The van der Waals surface area contributed by atoms with E-state index in [0.29, 0.717) is 19.6 Å². The Morgan fingerprint density at radius 3 is 2.21 bits per heavy atom. The molecule has 0 spiro atoms. The first kappa shape index (κ1) is 18.9. The fourth-order valence-electron chi connectivity index (χ4n) is 3.42. The maximum Gasteiger partial charge on any atom is 0.333 e. The summed E-state index contributed by atoms with van der Waals surface area (Å²) in [7, 11) is 1.40. The fourth-order valence-corrected chi connectivity index (χ4v) is 3.42. The molecule has 4 aromatic rings. The van der Waals surface area contributed by atoms with Crippen LogP contribution in [0.3, 0.4) is 0 Å². The van der Waals surface area contributed by atoms with Crippen LogP contribution in [0.1, 0.15) is 5.56 Å². The molecule has 0 saturated carbocycles. The normalized spacial score (nSPS) is 12.3. The number of rotatable bonds is 8.